The highest BCUT2D eigenvalue weighted by Gasteiger charge is 2.33. The van der Waals surface area contributed by atoms with Gasteiger partial charge in [0.15, 0.2) is 0 Å². The van der Waals surface area contributed by atoms with Crippen LogP contribution in [-0.4, -0.2) is 25.1 Å². The number of alkyl halides is 3. The van der Waals surface area contributed by atoms with E-state index in [1.807, 2.05) is 17.0 Å². The van der Waals surface area contributed by atoms with Crippen molar-refractivity contribution < 1.29 is 23.4 Å². The summed E-state index contributed by atoms with van der Waals surface area (Å²) < 4.78 is 41.3. The van der Waals surface area contributed by atoms with E-state index in [0.717, 1.165) is 28.0 Å². The topological polar surface area (TPSA) is 69.5 Å². The maximum Gasteiger partial charge on any atom is 0.416 e. The fraction of sp³-hybridized carbons (Fsp3) is 0.143. The quantitative estimate of drug-likeness (QED) is 0.288. The van der Waals surface area contributed by atoms with Gasteiger partial charge in [-0.15, -0.1) is 0 Å². The third-order valence-corrected chi connectivity index (χ3v) is 6.18. The van der Waals surface area contributed by atoms with Crippen LogP contribution < -0.4 is 0 Å². The highest BCUT2D eigenvalue weighted by atomic mass is 19.4. The van der Waals surface area contributed by atoms with E-state index in [0.29, 0.717) is 24.1 Å². The zero-order valence-corrected chi connectivity index (χ0v) is 19.1. The van der Waals surface area contributed by atoms with E-state index in [1.165, 1.54) is 12.1 Å². The lowest BCUT2D eigenvalue weighted by atomic mass is 10.0. The molecule has 8 heteroatoms. The third-order valence-electron chi connectivity index (χ3n) is 6.18. The first kappa shape index (κ1) is 23.6. The predicted molar refractivity (Wildman–Crippen MR) is 131 cm³/mol. The van der Waals surface area contributed by atoms with E-state index in [-0.39, 0.29) is 23.6 Å². The molecule has 2 N–H and O–H groups in total. The Hall–Kier alpha value is -4.17. The number of hydrogen-bond donors (Lipinski definition) is 2. The first-order valence-corrected chi connectivity index (χ1v) is 11.3. The monoisotopic (exact) mass is 489 g/mol. The summed E-state index contributed by atoms with van der Waals surface area (Å²) >= 11 is 0. The van der Waals surface area contributed by atoms with Crippen molar-refractivity contribution in [1.29, 1.82) is 0 Å². The number of phenols is 2. The summed E-state index contributed by atoms with van der Waals surface area (Å²) in [5.41, 5.74) is 2.00. The number of fused-ring (bicyclic) bond motifs is 2. The van der Waals surface area contributed by atoms with Crippen molar-refractivity contribution >= 4 is 21.8 Å². The van der Waals surface area contributed by atoms with E-state index < -0.39 is 11.7 Å². The molecule has 0 aliphatic heterocycles. The van der Waals surface area contributed by atoms with E-state index in [9.17, 15) is 23.4 Å². The summed E-state index contributed by atoms with van der Waals surface area (Å²) in [7, 11) is 0. The van der Waals surface area contributed by atoms with Crippen LogP contribution in [0.2, 0.25) is 0 Å². The standard InChI is InChI=1S/C28H22F3N3O2/c29-28(30,31)23-8-2-1-5-20(23)17-34(15-18-9-11-24(35)26-21(18)6-3-13-32-26)16-19-10-12-25(36)27-22(19)7-4-14-33-27/h1-14,35-36H,15-17H2. The Labute approximate surface area is 205 Å². The predicted octanol–water partition coefficient (Wildman–Crippen LogP) is 6.42. The number of aromatic nitrogens is 2. The second kappa shape index (κ2) is 9.47. The molecule has 2 heterocycles. The van der Waals surface area contributed by atoms with Crippen LogP contribution in [0, 0.1) is 0 Å². The molecule has 182 valence electrons. The summed E-state index contributed by atoms with van der Waals surface area (Å²) in [6.45, 7) is 0.634. The Morgan fingerprint density at radius 2 is 1.11 bits per heavy atom. The highest BCUT2D eigenvalue weighted by molar-refractivity contribution is 5.88. The number of rotatable bonds is 6. The van der Waals surface area contributed by atoms with Gasteiger partial charge in [-0.3, -0.25) is 14.9 Å². The molecule has 5 rings (SSSR count). The normalized spacial score (nSPS) is 12.0. The zero-order valence-electron chi connectivity index (χ0n) is 19.1. The van der Waals surface area contributed by atoms with Crippen LogP contribution in [0.25, 0.3) is 21.8 Å². The Morgan fingerprint density at radius 3 is 1.64 bits per heavy atom. The van der Waals surface area contributed by atoms with Crippen molar-refractivity contribution in [3.8, 4) is 11.5 Å². The minimum atomic E-state index is -4.48. The molecule has 0 saturated heterocycles. The number of phenolic OH excluding ortho intramolecular Hbond substituents is 2. The molecule has 0 radical (unpaired) electrons. The lowest BCUT2D eigenvalue weighted by Crippen LogP contribution is -2.24. The molecule has 5 nitrogen and oxygen atoms in total. The van der Waals surface area contributed by atoms with E-state index >= 15 is 0 Å². The van der Waals surface area contributed by atoms with Crippen molar-refractivity contribution in [3.05, 3.63) is 107 Å². The van der Waals surface area contributed by atoms with Gasteiger partial charge in [-0.05, 0) is 47.0 Å². The lowest BCUT2D eigenvalue weighted by molar-refractivity contribution is -0.138. The molecule has 36 heavy (non-hydrogen) atoms. The smallest absolute Gasteiger partial charge is 0.416 e. The summed E-state index contributed by atoms with van der Waals surface area (Å²) in [5.74, 6) is 0.0813. The van der Waals surface area contributed by atoms with E-state index in [2.05, 4.69) is 9.97 Å². The SMILES string of the molecule is Oc1ccc(CN(Cc2ccccc2C(F)(F)F)Cc2ccc(O)c3ncccc23)c2cccnc12. The minimum absolute atomic E-state index is 0.0287. The molecule has 0 saturated carbocycles. The Bertz CT molecular complexity index is 1470. The van der Waals surface area contributed by atoms with Crippen molar-refractivity contribution in [2.75, 3.05) is 0 Å². The van der Waals surface area contributed by atoms with Gasteiger partial charge < -0.3 is 10.2 Å². The van der Waals surface area contributed by atoms with Crippen LogP contribution in [0.1, 0.15) is 22.3 Å². The molecule has 0 atom stereocenters. The highest BCUT2D eigenvalue weighted by Crippen LogP contribution is 2.34. The van der Waals surface area contributed by atoms with Crippen molar-refractivity contribution in [2.45, 2.75) is 25.8 Å². The van der Waals surface area contributed by atoms with Crippen molar-refractivity contribution in [1.82, 2.24) is 14.9 Å². The molecule has 0 aliphatic rings. The van der Waals surface area contributed by atoms with Gasteiger partial charge in [0.05, 0.1) is 5.56 Å². The fourth-order valence-corrected chi connectivity index (χ4v) is 4.53. The lowest BCUT2D eigenvalue weighted by Gasteiger charge is -2.26. The molecule has 5 aromatic rings. The average molecular weight is 489 g/mol. The maximum absolute atomic E-state index is 13.8. The van der Waals surface area contributed by atoms with Crippen LogP contribution in [0.5, 0.6) is 11.5 Å². The van der Waals surface area contributed by atoms with Crippen LogP contribution in [0.3, 0.4) is 0 Å². The average Bonchev–Trinajstić information content (AvgIpc) is 2.87. The molecule has 0 bridgehead atoms. The van der Waals surface area contributed by atoms with Crippen LogP contribution in [-0.2, 0) is 25.8 Å². The van der Waals surface area contributed by atoms with E-state index in [1.54, 1.807) is 54.9 Å². The van der Waals surface area contributed by atoms with Gasteiger partial charge in [0, 0.05) is 42.8 Å². The third kappa shape index (κ3) is 4.67. The molecule has 0 aliphatic carbocycles. The molecule has 0 unspecified atom stereocenters. The Kier molecular flexibility index (Phi) is 6.20. The second-order valence-corrected chi connectivity index (χ2v) is 8.59. The van der Waals surface area contributed by atoms with Crippen LogP contribution in [0.4, 0.5) is 13.2 Å². The summed E-state index contributed by atoms with van der Waals surface area (Å²) in [6.07, 6.45) is -1.32. The van der Waals surface area contributed by atoms with Gasteiger partial charge in [0.2, 0.25) is 0 Å². The fourth-order valence-electron chi connectivity index (χ4n) is 4.53. The molecule has 0 amide bonds. The zero-order chi connectivity index (χ0) is 25.3. The van der Waals surface area contributed by atoms with Gasteiger partial charge >= 0.3 is 6.18 Å². The molecule has 2 aromatic heterocycles. The van der Waals surface area contributed by atoms with Crippen molar-refractivity contribution in [2.24, 2.45) is 0 Å². The molecular weight excluding hydrogens is 467 g/mol. The van der Waals surface area contributed by atoms with Gasteiger partial charge in [-0.25, -0.2) is 0 Å². The Morgan fingerprint density at radius 1 is 0.611 bits per heavy atom. The van der Waals surface area contributed by atoms with Crippen LogP contribution >= 0.6 is 0 Å². The number of halogens is 3. The minimum Gasteiger partial charge on any atom is -0.506 e. The van der Waals surface area contributed by atoms with Gasteiger partial charge in [-0.1, -0.05) is 42.5 Å². The van der Waals surface area contributed by atoms with E-state index in [4.69, 9.17) is 0 Å². The second-order valence-electron chi connectivity index (χ2n) is 8.59. The maximum atomic E-state index is 13.8. The number of hydrogen-bond acceptors (Lipinski definition) is 5. The van der Waals surface area contributed by atoms with Gasteiger partial charge in [-0.2, -0.15) is 13.2 Å². The summed E-state index contributed by atoms with van der Waals surface area (Å²) in [5, 5.41) is 21.9. The largest absolute Gasteiger partial charge is 0.506 e. The number of benzene rings is 3. The molecular formula is C28H22F3N3O2. The summed E-state index contributed by atoms with van der Waals surface area (Å²) in [6, 6.07) is 19.4. The first-order chi connectivity index (χ1) is 17.3. The van der Waals surface area contributed by atoms with Gasteiger partial charge in [0.1, 0.15) is 22.5 Å². The first-order valence-electron chi connectivity index (χ1n) is 11.3. The number of aromatic hydroxyl groups is 2. The van der Waals surface area contributed by atoms with Gasteiger partial charge in [0.25, 0.3) is 0 Å². The molecule has 0 fully saturated rings. The number of nitrogens with zero attached hydrogens (tertiary/aromatic N) is 3. The van der Waals surface area contributed by atoms with Crippen LogP contribution in [0.15, 0.2) is 85.2 Å². The number of pyridine rings is 2. The molecule has 0 spiro atoms. The van der Waals surface area contributed by atoms with Crippen molar-refractivity contribution in [3.63, 3.8) is 0 Å². The summed E-state index contributed by atoms with van der Waals surface area (Å²) in [4.78, 5) is 10.4. The Balaban J connectivity index is 1.58. The molecule has 3 aromatic carbocycles.